The number of hydrogen-bond acceptors (Lipinski definition) is 5. The second kappa shape index (κ2) is 16.9. The summed E-state index contributed by atoms with van der Waals surface area (Å²) >= 11 is 0. The van der Waals surface area contributed by atoms with E-state index in [-0.39, 0.29) is 5.41 Å². The zero-order chi connectivity index (χ0) is 38.9. The first-order valence-corrected chi connectivity index (χ1v) is 22.2. The van der Waals surface area contributed by atoms with Gasteiger partial charge in [-0.3, -0.25) is 19.4 Å². The molecule has 1 atom stereocenters. The number of amides is 2. The normalized spacial score (nSPS) is 22.7. The highest BCUT2D eigenvalue weighted by Crippen LogP contribution is 2.44. The summed E-state index contributed by atoms with van der Waals surface area (Å²) in [4.78, 5) is 37.9. The number of piperidine rings is 3. The Morgan fingerprint density at radius 2 is 1.18 bits per heavy atom. The molecule has 0 bridgehead atoms. The molecule has 0 aromatic heterocycles. The van der Waals surface area contributed by atoms with Crippen molar-refractivity contribution in [3.63, 3.8) is 0 Å². The van der Waals surface area contributed by atoms with Crippen molar-refractivity contribution in [2.24, 2.45) is 28.6 Å². The van der Waals surface area contributed by atoms with Gasteiger partial charge in [0.05, 0.1) is 13.1 Å². The lowest BCUT2D eigenvalue weighted by molar-refractivity contribution is -0.138. The van der Waals surface area contributed by atoms with Gasteiger partial charge < -0.3 is 14.7 Å². The van der Waals surface area contributed by atoms with Crippen molar-refractivity contribution in [2.45, 2.75) is 111 Å². The summed E-state index contributed by atoms with van der Waals surface area (Å²) in [6, 6.07) is 18.7. The molecule has 1 spiro atoms. The van der Waals surface area contributed by atoms with Crippen LogP contribution in [0.1, 0.15) is 128 Å². The molecule has 7 rings (SSSR count). The zero-order valence-electron chi connectivity index (χ0n) is 35.6. The van der Waals surface area contributed by atoms with E-state index < -0.39 is 0 Å². The lowest BCUT2D eigenvalue weighted by Gasteiger charge is -2.61. The number of nitrogens with zero attached hydrogens (tertiary/aromatic N) is 5. The average molecular weight is 752 g/mol. The van der Waals surface area contributed by atoms with Crippen LogP contribution in [0, 0.1) is 28.6 Å². The molecule has 0 saturated carbocycles. The van der Waals surface area contributed by atoms with Gasteiger partial charge in [0.1, 0.15) is 0 Å². The largest absolute Gasteiger partial charge is 0.370 e. The van der Waals surface area contributed by atoms with Gasteiger partial charge in [0, 0.05) is 63.5 Å². The molecule has 0 N–H and O–H groups in total. The summed E-state index contributed by atoms with van der Waals surface area (Å²) in [5, 5.41) is 0. The van der Waals surface area contributed by atoms with Gasteiger partial charge in [-0.2, -0.15) is 0 Å². The van der Waals surface area contributed by atoms with E-state index in [4.69, 9.17) is 0 Å². The summed E-state index contributed by atoms with van der Waals surface area (Å²) in [7, 11) is 0. The first kappa shape index (κ1) is 40.3. The minimum absolute atomic E-state index is 0.233. The quantitative estimate of drug-likeness (QED) is 0.218. The molecular weight excluding hydrogens is 679 g/mol. The van der Waals surface area contributed by atoms with Crippen molar-refractivity contribution in [1.29, 1.82) is 0 Å². The predicted octanol–water partition coefficient (Wildman–Crippen LogP) is 8.46. The number of likely N-dealkylation sites (tertiary alicyclic amines) is 4. The van der Waals surface area contributed by atoms with Gasteiger partial charge in [-0.15, -0.1) is 0 Å². The van der Waals surface area contributed by atoms with Crippen LogP contribution in [0.4, 0.5) is 5.69 Å². The summed E-state index contributed by atoms with van der Waals surface area (Å²) in [6.07, 6.45) is 7.98. The second-order valence-electron chi connectivity index (χ2n) is 20.2. The fraction of sp³-hybridized carbons (Fsp3) is 0.708. The van der Waals surface area contributed by atoms with Gasteiger partial charge in [-0.05, 0) is 128 Å². The van der Waals surface area contributed by atoms with Crippen LogP contribution >= 0.6 is 0 Å². The van der Waals surface area contributed by atoms with E-state index in [2.05, 4.69) is 121 Å². The zero-order valence-corrected chi connectivity index (χ0v) is 35.6. The smallest absolute Gasteiger partial charge is 0.236 e. The Balaban J connectivity index is 0.789. The summed E-state index contributed by atoms with van der Waals surface area (Å²) in [5.41, 5.74) is 6.26. The average Bonchev–Trinajstić information content (AvgIpc) is 3.15. The molecule has 2 aromatic carbocycles. The van der Waals surface area contributed by atoms with Gasteiger partial charge in [0.25, 0.3) is 0 Å². The van der Waals surface area contributed by atoms with Crippen LogP contribution in [-0.2, 0) is 9.59 Å². The summed E-state index contributed by atoms with van der Waals surface area (Å²) in [6.45, 7) is 27.7. The SMILES string of the molecule is CC(C)c1ccc(N2CC3(CN(CC(=O)N4CCC(C(C)(C)CC(C)c5ccc(C6CCN(CC(=O)N7CCC(C(C)C)CC7)CC6)cc5)CC4)C3)C2)cc1. The van der Waals surface area contributed by atoms with E-state index in [1.54, 1.807) is 0 Å². The van der Waals surface area contributed by atoms with Crippen molar-refractivity contribution >= 4 is 17.5 Å². The Bertz CT molecular complexity index is 1560. The third-order valence-electron chi connectivity index (χ3n) is 15.0. The first-order chi connectivity index (χ1) is 26.3. The molecule has 2 aromatic rings. The van der Waals surface area contributed by atoms with Crippen molar-refractivity contribution < 1.29 is 9.59 Å². The van der Waals surface area contributed by atoms with Crippen molar-refractivity contribution in [3.05, 3.63) is 65.2 Å². The Labute approximate surface area is 334 Å². The van der Waals surface area contributed by atoms with E-state index in [0.717, 1.165) is 116 Å². The monoisotopic (exact) mass is 752 g/mol. The third-order valence-corrected chi connectivity index (χ3v) is 15.0. The third kappa shape index (κ3) is 9.46. The molecule has 55 heavy (non-hydrogen) atoms. The molecule has 5 fully saturated rings. The van der Waals surface area contributed by atoms with Crippen LogP contribution in [0.2, 0.25) is 0 Å². The van der Waals surface area contributed by atoms with Gasteiger partial charge in [0.15, 0.2) is 0 Å². The van der Waals surface area contributed by atoms with Crippen LogP contribution in [0.15, 0.2) is 48.5 Å². The predicted molar refractivity (Wildman–Crippen MR) is 227 cm³/mol. The number of rotatable bonds is 12. The Morgan fingerprint density at radius 1 is 0.655 bits per heavy atom. The molecule has 7 heteroatoms. The van der Waals surface area contributed by atoms with Crippen molar-refractivity contribution in [2.75, 3.05) is 83.4 Å². The lowest BCUT2D eigenvalue weighted by atomic mass is 9.68. The van der Waals surface area contributed by atoms with Crippen LogP contribution in [-0.4, -0.2) is 110 Å². The molecule has 5 saturated heterocycles. The lowest BCUT2D eigenvalue weighted by Crippen LogP contribution is -2.73. The Hall–Kier alpha value is -2.90. The minimum atomic E-state index is 0.233. The van der Waals surface area contributed by atoms with Crippen LogP contribution in [0.3, 0.4) is 0 Å². The van der Waals surface area contributed by atoms with E-state index in [1.807, 2.05) is 0 Å². The maximum absolute atomic E-state index is 13.4. The number of anilines is 1. The summed E-state index contributed by atoms with van der Waals surface area (Å²) in [5.74, 6) is 4.46. The van der Waals surface area contributed by atoms with Gasteiger partial charge in [-0.1, -0.05) is 84.9 Å². The first-order valence-electron chi connectivity index (χ1n) is 22.2. The van der Waals surface area contributed by atoms with E-state index in [1.165, 1.54) is 28.8 Å². The highest BCUT2D eigenvalue weighted by molar-refractivity contribution is 5.79. The van der Waals surface area contributed by atoms with Crippen LogP contribution < -0.4 is 4.90 Å². The van der Waals surface area contributed by atoms with E-state index in [0.29, 0.717) is 54.0 Å². The molecule has 5 aliphatic heterocycles. The molecule has 1 unspecified atom stereocenters. The topological polar surface area (TPSA) is 50.3 Å². The second-order valence-corrected chi connectivity index (χ2v) is 20.2. The number of benzene rings is 2. The van der Waals surface area contributed by atoms with Gasteiger partial charge in [0.2, 0.25) is 11.8 Å². The highest BCUT2D eigenvalue weighted by atomic mass is 16.2. The maximum atomic E-state index is 13.4. The standard InChI is InChI=1S/C48H73N5O2/c1-35(2)38-12-14-44(15-13-38)53-33-48(34-53)31-50(32-48)30-46(55)52-26-20-43(21-27-52)47(6,7)28-37(5)40-8-10-41(11-9-40)42-16-22-49(23-17-42)29-45(54)51-24-18-39(19-25-51)36(3)4/h8-15,35-37,39,42-43H,16-34H2,1-7H3. The molecule has 7 nitrogen and oxygen atoms in total. The molecule has 0 aliphatic carbocycles. The highest BCUT2D eigenvalue weighted by Gasteiger charge is 2.52. The molecule has 302 valence electrons. The Morgan fingerprint density at radius 3 is 1.73 bits per heavy atom. The fourth-order valence-corrected chi connectivity index (χ4v) is 11.1. The van der Waals surface area contributed by atoms with Crippen LogP contribution in [0.5, 0.6) is 0 Å². The van der Waals surface area contributed by atoms with Gasteiger partial charge in [-0.25, -0.2) is 0 Å². The van der Waals surface area contributed by atoms with Crippen LogP contribution in [0.25, 0.3) is 0 Å². The molecular formula is C48H73N5O2. The molecule has 2 amide bonds. The Kier molecular flexibility index (Phi) is 12.4. The van der Waals surface area contributed by atoms with Crippen molar-refractivity contribution in [1.82, 2.24) is 19.6 Å². The molecule has 5 aliphatic rings. The molecule has 0 radical (unpaired) electrons. The summed E-state index contributed by atoms with van der Waals surface area (Å²) < 4.78 is 0. The minimum Gasteiger partial charge on any atom is -0.370 e. The maximum Gasteiger partial charge on any atom is 0.236 e. The molecule has 5 heterocycles. The van der Waals surface area contributed by atoms with E-state index in [9.17, 15) is 9.59 Å². The van der Waals surface area contributed by atoms with Gasteiger partial charge >= 0.3 is 0 Å². The number of carbonyl (C=O) groups excluding carboxylic acids is 2. The number of carbonyl (C=O) groups is 2. The number of hydrogen-bond donors (Lipinski definition) is 0. The fourth-order valence-electron chi connectivity index (χ4n) is 11.1. The van der Waals surface area contributed by atoms with E-state index >= 15 is 0 Å². The van der Waals surface area contributed by atoms with Crippen molar-refractivity contribution in [3.8, 4) is 0 Å².